The number of nitrogens with zero attached hydrogens (tertiary/aromatic N) is 1. The molecule has 7 nitrogen and oxygen atoms in total. The summed E-state index contributed by atoms with van der Waals surface area (Å²) < 4.78 is 15.7. The summed E-state index contributed by atoms with van der Waals surface area (Å²) in [5, 5.41) is 3.28. The fraction of sp³-hybridized carbons (Fsp3) is 0.346. The summed E-state index contributed by atoms with van der Waals surface area (Å²) in [5.74, 6) is 0.559. The first kappa shape index (κ1) is 25.2. The maximum Gasteiger partial charge on any atom is 0.350 e. The molecule has 0 saturated heterocycles. The number of hydrogen-bond donors (Lipinski definition) is 1. The maximum absolute atomic E-state index is 13.6. The standard InChI is InChI=1S/C26H30N2O5S/c1-7-33-23(29)22-16(2)27-25(34-22)28-24(30)26(3,4)21(17-8-12-19(31-5)13-9-17)18-10-14-20(32-6)15-11-18/h8-15,21H,7H2,1-6H3,(H,27,28,30). The number of thiazole rings is 1. The average molecular weight is 483 g/mol. The Labute approximate surface area is 204 Å². The minimum atomic E-state index is -0.868. The lowest BCUT2D eigenvalue weighted by Gasteiger charge is -2.34. The molecule has 1 aromatic heterocycles. The van der Waals surface area contributed by atoms with E-state index in [1.807, 2.05) is 62.4 Å². The van der Waals surface area contributed by atoms with Gasteiger partial charge in [0, 0.05) is 5.92 Å². The molecule has 0 atom stereocenters. The molecule has 0 saturated carbocycles. The van der Waals surface area contributed by atoms with Crippen LogP contribution >= 0.6 is 11.3 Å². The normalized spacial score (nSPS) is 11.3. The Morgan fingerprint density at radius 2 is 1.47 bits per heavy atom. The molecule has 0 aliphatic rings. The fourth-order valence-electron chi connectivity index (χ4n) is 3.84. The predicted molar refractivity (Wildman–Crippen MR) is 133 cm³/mol. The average Bonchev–Trinajstić information content (AvgIpc) is 3.20. The van der Waals surface area contributed by atoms with Crippen molar-refractivity contribution in [2.75, 3.05) is 26.1 Å². The van der Waals surface area contributed by atoms with Crippen molar-refractivity contribution in [3.8, 4) is 11.5 Å². The van der Waals surface area contributed by atoms with Crippen LogP contribution in [0.15, 0.2) is 48.5 Å². The number of amides is 1. The molecular formula is C26H30N2O5S. The highest BCUT2D eigenvalue weighted by atomic mass is 32.1. The van der Waals surface area contributed by atoms with Crippen molar-refractivity contribution in [3.05, 3.63) is 70.2 Å². The summed E-state index contributed by atoms with van der Waals surface area (Å²) >= 11 is 1.11. The molecule has 0 aliphatic heterocycles. The Bertz CT molecular complexity index is 1090. The number of nitrogens with one attached hydrogen (secondary N) is 1. The number of carbonyl (C=O) groups is 2. The number of carbonyl (C=O) groups excluding carboxylic acids is 2. The van der Waals surface area contributed by atoms with Crippen molar-refractivity contribution < 1.29 is 23.8 Å². The van der Waals surface area contributed by atoms with Gasteiger partial charge in [-0.25, -0.2) is 9.78 Å². The van der Waals surface area contributed by atoms with E-state index in [4.69, 9.17) is 14.2 Å². The van der Waals surface area contributed by atoms with Gasteiger partial charge in [-0.1, -0.05) is 49.4 Å². The van der Waals surface area contributed by atoms with Crippen LogP contribution in [0.25, 0.3) is 0 Å². The summed E-state index contributed by atoms with van der Waals surface area (Å²) in [6.07, 6.45) is 0. The molecule has 3 rings (SSSR count). The Hall–Kier alpha value is -3.39. The molecule has 2 aromatic carbocycles. The molecule has 0 unspecified atom stereocenters. The molecule has 34 heavy (non-hydrogen) atoms. The van der Waals surface area contributed by atoms with Gasteiger partial charge in [-0.05, 0) is 49.2 Å². The molecule has 0 spiro atoms. The SMILES string of the molecule is CCOC(=O)c1sc(NC(=O)C(C)(C)C(c2ccc(OC)cc2)c2ccc(OC)cc2)nc1C. The molecule has 0 bridgehead atoms. The number of esters is 1. The third kappa shape index (κ3) is 5.39. The van der Waals surface area contributed by atoms with Gasteiger partial charge in [0.2, 0.25) is 5.91 Å². The summed E-state index contributed by atoms with van der Waals surface area (Å²) in [6, 6.07) is 15.4. The van der Waals surface area contributed by atoms with Crippen molar-refractivity contribution in [2.24, 2.45) is 5.41 Å². The van der Waals surface area contributed by atoms with Gasteiger partial charge in [0.25, 0.3) is 0 Å². The van der Waals surface area contributed by atoms with Gasteiger partial charge >= 0.3 is 5.97 Å². The highest BCUT2D eigenvalue weighted by molar-refractivity contribution is 7.17. The minimum Gasteiger partial charge on any atom is -0.497 e. The van der Waals surface area contributed by atoms with Gasteiger partial charge in [0.1, 0.15) is 16.4 Å². The third-order valence-electron chi connectivity index (χ3n) is 5.68. The van der Waals surface area contributed by atoms with E-state index in [0.29, 0.717) is 15.7 Å². The fourth-order valence-corrected chi connectivity index (χ4v) is 4.70. The van der Waals surface area contributed by atoms with Crippen LogP contribution in [0.3, 0.4) is 0 Å². The van der Waals surface area contributed by atoms with E-state index >= 15 is 0 Å². The molecule has 0 fully saturated rings. The number of aryl methyl sites for hydroxylation is 1. The molecule has 1 N–H and O–H groups in total. The first-order valence-corrected chi connectivity index (χ1v) is 11.8. The summed E-state index contributed by atoms with van der Waals surface area (Å²) in [4.78, 5) is 30.5. The van der Waals surface area contributed by atoms with Crippen LogP contribution in [0.2, 0.25) is 0 Å². The Morgan fingerprint density at radius 1 is 0.971 bits per heavy atom. The van der Waals surface area contributed by atoms with Gasteiger partial charge < -0.3 is 19.5 Å². The van der Waals surface area contributed by atoms with Gasteiger partial charge in [0.15, 0.2) is 5.13 Å². The highest BCUT2D eigenvalue weighted by Gasteiger charge is 2.39. The van der Waals surface area contributed by atoms with E-state index in [0.717, 1.165) is 34.0 Å². The number of anilines is 1. The zero-order valence-corrected chi connectivity index (χ0v) is 21.1. The molecule has 1 heterocycles. The summed E-state index contributed by atoms with van der Waals surface area (Å²) in [6.45, 7) is 7.54. The van der Waals surface area contributed by atoms with Crippen molar-refractivity contribution in [1.82, 2.24) is 4.98 Å². The number of aromatic nitrogens is 1. The Kier molecular flexibility index (Phi) is 7.94. The summed E-state index contributed by atoms with van der Waals surface area (Å²) in [7, 11) is 3.24. The van der Waals surface area contributed by atoms with Crippen molar-refractivity contribution in [1.29, 1.82) is 0 Å². The number of ether oxygens (including phenoxy) is 3. The van der Waals surface area contributed by atoms with Crippen LogP contribution in [0.5, 0.6) is 11.5 Å². The highest BCUT2D eigenvalue weighted by Crippen LogP contribution is 2.43. The monoisotopic (exact) mass is 482 g/mol. The zero-order valence-electron chi connectivity index (χ0n) is 20.3. The van der Waals surface area contributed by atoms with Gasteiger partial charge in [-0.2, -0.15) is 0 Å². The van der Waals surface area contributed by atoms with Crippen molar-refractivity contribution in [2.45, 2.75) is 33.6 Å². The van der Waals surface area contributed by atoms with Crippen molar-refractivity contribution in [3.63, 3.8) is 0 Å². The second-order valence-electron chi connectivity index (χ2n) is 8.31. The first-order valence-electron chi connectivity index (χ1n) is 10.9. The molecule has 0 aliphatic carbocycles. The van der Waals surface area contributed by atoms with Crippen LogP contribution in [0, 0.1) is 12.3 Å². The van der Waals surface area contributed by atoms with Crippen molar-refractivity contribution >= 4 is 28.3 Å². The first-order chi connectivity index (χ1) is 16.2. The van der Waals surface area contributed by atoms with Crippen LogP contribution in [-0.4, -0.2) is 37.7 Å². The second-order valence-corrected chi connectivity index (χ2v) is 9.31. The topological polar surface area (TPSA) is 86.8 Å². The molecule has 0 radical (unpaired) electrons. The van der Waals surface area contributed by atoms with E-state index in [2.05, 4.69) is 10.3 Å². The van der Waals surface area contributed by atoms with Gasteiger partial charge in [-0.3, -0.25) is 4.79 Å². The quantitative estimate of drug-likeness (QED) is 0.409. The molecule has 3 aromatic rings. The maximum atomic E-state index is 13.6. The van der Waals surface area contributed by atoms with Gasteiger partial charge in [0.05, 0.1) is 31.9 Å². The molecule has 8 heteroatoms. The van der Waals surface area contributed by atoms with E-state index in [-0.39, 0.29) is 18.4 Å². The number of rotatable bonds is 9. The Morgan fingerprint density at radius 3 is 1.91 bits per heavy atom. The van der Waals surface area contributed by atoms with Crippen LogP contribution < -0.4 is 14.8 Å². The molecule has 180 valence electrons. The third-order valence-corrected chi connectivity index (χ3v) is 6.74. The van der Waals surface area contributed by atoms with Gasteiger partial charge in [-0.15, -0.1) is 0 Å². The number of benzene rings is 2. The zero-order chi connectivity index (χ0) is 24.9. The molecule has 1 amide bonds. The van der Waals surface area contributed by atoms with E-state index in [9.17, 15) is 9.59 Å². The minimum absolute atomic E-state index is 0.215. The Balaban J connectivity index is 1.95. The van der Waals surface area contributed by atoms with E-state index < -0.39 is 11.4 Å². The summed E-state index contributed by atoms with van der Waals surface area (Å²) in [5.41, 5.74) is 1.59. The smallest absolute Gasteiger partial charge is 0.350 e. The predicted octanol–water partition coefficient (Wildman–Crippen LogP) is 5.44. The van der Waals surface area contributed by atoms with E-state index in [1.165, 1.54) is 0 Å². The number of methoxy groups -OCH3 is 2. The molecular weight excluding hydrogens is 452 g/mol. The van der Waals surface area contributed by atoms with Crippen LogP contribution in [0.1, 0.15) is 53.2 Å². The number of hydrogen-bond acceptors (Lipinski definition) is 7. The van der Waals surface area contributed by atoms with Crippen LogP contribution in [-0.2, 0) is 9.53 Å². The van der Waals surface area contributed by atoms with Crippen LogP contribution in [0.4, 0.5) is 5.13 Å². The largest absolute Gasteiger partial charge is 0.497 e. The second kappa shape index (κ2) is 10.7. The lowest BCUT2D eigenvalue weighted by Crippen LogP contribution is -2.37. The lowest BCUT2D eigenvalue weighted by atomic mass is 9.70. The lowest BCUT2D eigenvalue weighted by molar-refractivity contribution is -0.124. The van der Waals surface area contributed by atoms with E-state index in [1.54, 1.807) is 28.1 Å².